The molecule has 1 saturated heterocycles. The minimum absolute atomic E-state index is 0.0309. The van der Waals surface area contributed by atoms with Gasteiger partial charge in [0, 0.05) is 18.7 Å². The Balaban J connectivity index is 1.80. The summed E-state index contributed by atoms with van der Waals surface area (Å²) in [6.07, 6.45) is 1.91. The number of Topliss-reactive ketones (excluding diaryl/α,β-unsaturated/α-hetero) is 1. The van der Waals surface area contributed by atoms with Crippen LogP contribution in [0.2, 0.25) is 0 Å². The molecule has 0 aliphatic carbocycles. The van der Waals surface area contributed by atoms with Crippen molar-refractivity contribution in [3.63, 3.8) is 0 Å². The number of benzene rings is 2. The van der Waals surface area contributed by atoms with Gasteiger partial charge in [0.1, 0.15) is 19.0 Å². The summed E-state index contributed by atoms with van der Waals surface area (Å²) in [4.78, 5) is 30.7. The van der Waals surface area contributed by atoms with Gasteiger partial charge in [-0.25, -0.2) is 0 Å². The number of ether oxygens (including phenoxy) is 4. The second-order valence-electron chi connectivity index (χ2n) is 9.72. The Morgan fingerprint density at radius 3 is 2.42 bits per heavy atom. The van der Waals surface area contributed by atoms with E-state index in [1.54, 1.807) is 23.1 Å². The van der Waals surface area contributed by atoms with Crippen molar-refractivity contribution >= 4 is 17.4 Å². The number of rotatable bonds is 13. The van der Waals surface area contributed by atoms with Crippen LogP contribution in [0, 0.1) is 0 Å². The number of amides is 1. The molecule has 2 aliphatic rings. The van der Waals surface area contributed by atoms with Crippen molar-refractivity contribution in [2.45, 2.75) is 46.6 Å². The number of carbonyl (C=O) groups excluding carboxylic acids is 2. The van der Waals surface area contributed by atoms with Crippen LogP contribution in [-0.2, 0) is 9.59 Å². The topological polar surface area (TPSA) is 97.8 Å². The lowest BCUT2D eigenvalue weighted by Gasteiger charge is -2.28. The smallest absolute Gasteiger partial charge is 0.295 e. The van der Waals surface area contributed by atoms with Crippen LogP contribution in [0.5, 0.6) is 23.0 Å². The minimum Gasteiger partial charge on any atom is -0.507 e. The molecule has 0 spiro atoms. The fraction of sp³-hybridized carbons (Fsp3) is 0.484. The van der Waals surface area contributed by atoms with E-state index in [2.05, 4.69) is 25.7 Å². The van der Waals surface area contributed by atoms with Crippen molar-refractivity contribution in [2.75, 3.05) is 52.6 Å². The summed E-state index contributed by atoms with van der Waals surface area (Å²) in [5, 5.41) is 11.5. The van der Waals surface area contributed by atoms with Gasteiger partial charge in [0.05, 0.1) is 24.8 Å². The number of unbranched alkanes of at least 4 members (excludes halogenated alkanes) is 1. The van der Waals surface area contributed by atoms with Gasteiger partial charge in [-0.1, -0.05) is 33.3 Å². The van der Waals surface area contributed by atoms with E-state index >= 15 is 0 Å². The zero-order valence-corrected chi connectivity index (χ0v) is 23.9. The van der Waals surface area contributed by atoms with E-state index in [1.807, 2.05) is 25.1 Å². The predicted octanol–water partition coefficient (Wildman–Crippen LogP) is 4.80. The molecule has 2 aliphatic heterocycles. The van der Waals surface area contributed by atoms with Crippen LogP contribution in [0.15, 0.2) is 42.0 Å². The van der Waals surface area contributed by atoms with Crippen molar-refractivity contribution in [3.8, 4) is 23.0 Å². The predicted molar refractivity (Wildman–Crippen MR) is 152 cm³/mol. The molecule has 216 valence electrons. The number of likely N-dealkylation sites (N-methyl/N-ethyl adjacent to an activating group) is 1. The molecule has 9 heteroatoms. The third-order valence-electron chi connectivity index (χ3n) is 7.25. The zero-order chi connectivity index (χ0) is 28.6. The van der Waals surface area contributed by atoms with Crippen LogP contribution in [0.25, 0.3) is 5.76 Å². The van der Waals surface area contributed by atoms with E-state index in [1.165, 1.54) is 0 Å². The number of nitrogens with zero attached hydrogens (tertiary/aromatic N) is 2. The highest BCUT2D eigenvalue weighted by Crippen LogP contribution is 2.43. The highest BCUT2D eigenvalue weighted by atomic mass is 16.6. The Hall–Kier alpha value is -3.72. The van der Waals surface area contributed by atoms with E-state index in [0.29, 0.717) is 73.6 Å². The van der Waals surface area contributed by atoms with Gasteiger partial charge in [-0.3, -0.25) is 9.59 Å². The number of carbonyl (C=O) groups is 2. The third kappa shape index (κ3) is 6.20. The molecule has 2 aromatic carbocycles. The highest BCUT2D eigenvalue weighted by Gasteiger charge is 2.46. The molecule has 4 rings (SSSR count). The van der Waals surface area contributed by atoms with Crippen molar-refractivity contribution in [3.05, 3.63) is 53.1 Å². The van der Waals surface area contributed by atoms with Gasteiger partial charge < -0.3 is 33.9 Å². The number of aliphatic hydroxyl groups excluding tert-OH is 1. The summed E-state index contributed by atoms with van der Waals surface area (Å²) in [5.41, 5.74) is 1.06. The van der Waals surface area contributed by atoms with E-state index in [0.717, 1.165) is 25.9 Å². The molecule has 1 N–H and O–H groups in total. The van der Waals surface area contributed by atoms with Crippen molar-refractivity contribution in [1.29, 1.82) is 0 Å². The molecule has 1 atom stereocenters. The van der Waals surface area contributed by atoms with E-state index in [9.17, 15) is 14.7 Å². The number of aliphatic hydroxyl groups is 1. The quantitative estimate of drug-likeness (QED) is 0.164. The second kappa shape index (κ2) is 13.6. The molecule has 0 saturated carbocycles. The Kier molecular flexibility index (Phi) is 9.93. The lowest BCUT2D eigenvalue weighted by molar-refractivity contribution is -0.140. The summed E-state index contributed by atoms with van der Waals surface area (Å²) >= 11 is 0. The molecular formula is C31H40N2O7. The Morgan fingerprint density at radius 1 is 0.975 bits per heavy atom. The maximum Gasteiger partial charge on any atom is 0.295 e. The van der Waals surface area contributed by atoms with Crippen LogP contribution < -0.4 is 18.9 Å². The van der Waals surface area contributed by atoms with Crippen LogP contribution in [0.3, 0.4) is 0 Å². The van der Waals surface area contributed by atoms with Crippen molar-refractivity contribution in [2.24, 2.45) is 0 Å². The summed E-state index contributed by atoms with van der Waals surface area (Å²) in [6.45, 7) is 12.5. The molecule has 40 heavy (non-hydrogen) atoms. The molecule has 2 aromatic rings. The molecule has 2 heterocycles. The fourth-order valence-electron chi connectivity index (χ4n) is 5.00. The first-order valence-corrected chi connectivity index (χ1v) is 14.2. The molecule has 1 fully saturated rings. The molecule has 0 aromatic heterocycles. The molecule has 0 radical (unpaired) electrons. The van der Waals surface area contributed by atoms with Gasteiger partial charge in [0.2, 0.25) is 0 Å². The number of hydrogen-bond donors (Lipinski definition) is 1. The van der Waals surface area contributed by atoms with Crippen LogP contribution in [0.1, 0.15) is 57.7 Å². The lowest BCUT2D eigenvalue weighted by atomic mass is 9.94. The molecule has 0 unspecified atom stereocenters. The SMILES string of the molecule is CCCCOc1ccc([C@@H]2C(=C(O)c3ccc4c(c3)OCCO4)C(=O)C(=O)N2CCN(CC)CC)cc1OCC. The van der Waals surface area contributed by atoms with E-state index < -0.39 is 17.7 Å². The van der Waals surface area contributed by atoms with Crippen molar-refractivity contribution in [1.82, 2.24) is 9.80 Å². The lowest BCUT2D eigenvalue weighted by Crippen LogP contribution is -2.38. The standard InChI is InChI=1S/C31H40N2O7/c1-5-9-16-38-23-12-10-21(19-25(23)37-8-4)28-27(30(35)31(36)33(28)15-14-32(6-2)7-3)29(34)22-11-13-24-26(20-22)40-18-17-39-24/h10-13,19-20,28,34H,5-9,14-18H2,1-4H3/t28-/m1/s1. The van der Waals surface area contributed by atoms with Gasteiger partial charge in [-0.2, -0.15) is 0 Å². The van der Waals surface area contributed by atoms with Crippen LogP contribution in [0.4, 0.5) is 0 Å². The van der Waals surface area contributed by atoms with Gasteiger partial charge in [0.15, 0.2) is 23.0 Å². The van der Waals surface area contributed by atoms with Crippen LogP contribution in [-0.4, -0.2) is 79.2 Å². The second-order valence-corrected chi connectivity index (χ2v) is 9.72. The summed E-state index contributed by atoms with van der Waals surface area (Å²) in [6, 6.07) is 9.66. The molecular weight excluding hydrogens is 512 g/mol. The highest BCUT2D eigenvalue weighted by molar-refractivity contribution is 6.46. The van der Waals surface area contributed by atoms with E-state index in [-0.39, 0.29) is 11.3 Å². The van der Waals surface area contributed by atoms with E-state index in [4.69, 9.17) is 18.9 Å². The Bertz CT molecular complexity index is 1240. The van der Waals surface area contributed by atoms with Crippen molar-refractivity contribution < 1.29 is 33.6 Å². The molecule has 1 amide bonds. The number of hydrogen-bond acceptors (Lipinski definition) is 8. The Labute approximate surface area is 236 Å². The molecule has 0 bridgehead atoms. The maximum atomic E-state index is 13.5. The largest absolute Gasteiger partial charge is 0.507 e. The maximum absolute atomic E-state index is 13.5. The molecule has 9 nitrogen and oxygen atoms in total. The average molecular weight is 553 g/mol. The normalized spacial score (nSPS) is 17.9. The van der Waals surface area contributed by atoms with Gasteiger partial charge >= 0.3 is 0 Å². The Morgan fingerprint density at radius 2 is 1.73 bits per heavy atom. The fourth-order valence-corrected chi connectivity index (χ4v) is 5.00. The third-order valence-corrected chi connectivity index (χ3v) is 7.25. The van der Waals surface area contributed by atoms with Gasteiger partial charge in [0.25, 0.3) is 11.7 Å². The number of fused-ring (bicyclic) bond motifs is 1. The minimum atomic E-state index is -0.798. The monoisotopic (exact) mass is 552 g/mol. The number of likely N-dealkylation sites (tertiary alicyclic amines) is 1. The zero-order valence-electron chi connectivity index (χ0n) is 23.9. The average Bonchev–Trinajstić information content (AvgIpc) is 3.23. The first-order chi connectivity index (χ1) is 19.4. The first kappa shape index (κ1) is 29.3. The summed E-state index contributed by atoms with van der Waals surface area (Å²) < 4.78 is 23.1. The van der Waals surface area contributed by atoms with Crippen LogP contribution >= 0.6 is 0 Å². The van der Waals surface area contributed by atoms with Gasteiger partial charge in [-0.05, 0) is 62.3 Å². The van der Waals surface area contributed by atoms with Gasteiger partial charge in [-0.15, -0.1) is 0 Å². The summed E-state index contributed by atoms with van der Waals surface area (Å²) in [7, 11) is 0. The number of ketones is 1. The summed E-state index contributed by atoms with van der Waals surface area (Å²) in [5.74, 6) is 0.562. The first-order valence-electron chi connectivity index (χ1n) is 14.2.